The molecule has 3 aromatic rings. The minimum absolute atomic E-state index is 0.433. The minimum Gasteiger partial charge on any atom is -0.383 e. The maximum absolute atomic E-state index is 6.02. The largest absolute Gasteiger partial charge is 0.383 e. The Kier molecular flexibility index (Phi) is 3.50. The van der Waals surface area contributed by atoms with Crippen LogP contribution >= 0.6 is 0 Å². The summed E-state index contributed by atoms with van der Waals surface area (Å²) in [6, 6.07) is 2.06. The van der Waals surface area contributed by atoms with Crippen LogP contribution < -0.4 is 5.73 Å². The number of aromatic nitrogens is 5. The number of rotatable bonds is 3. The van der Waals surface area contributed by atoms with Crippen molar-refractivity contribution in [1.82, 2.24) is 24.7 Å². The highest BCUT2D eigenvalue weighted by molar-refractivity contribution is 5.98. The van der Waals surface area contributed by atoms with Gasteiger partial charge in [-0.25, -0.2) is 14.6 Å². The van der Waals surface area contributed by atoms with E-state index in [1.54, 1.807) is 4.68 Å². The Morgan fingerprint density at radius 2 is 1.95 bits per heavy atom. The van der Waals surface area contributed by atoms with Gasteiger partial charge in [0.25, 0.3) is 0 Å². The van der Waals surface area contributed by atoms with E-state index in [1.807, 2.05) is 39.1 Å². The molecule has 0 fully saturated rings. The number of hydrogen-bond donors (Lipinski definition) is 2. The highest BCUT2D eigenvalue weighted by Crippen LogP contribution is 2.31. The molecule has 0 radical (unpaired) electrons. The van der Waals surface area contributed by atoms with Gasteiger partial charge in [0.2, 0.25) is 0 Å². The van der Waals surface area contributed by atoms with E-state index >= 15 is 0 Å². The maximum Gasteiger partial charge on any atom is 0.163 e. The lowest BCUT2D eigenvalue weighted by molar-refractivity contribution is 0.788. The van der Waals surface area contributed by atoms with Crippen LogP contribution in [0.3, 0.4) is 0 Å². The molecule has 0 aliphatic carbocycles. The summed E-state index contributed by atoms with van der Waals surface area (Å²) < 4.78 is 1.72. The summed E-state index contributed by atoms with van der Waals surface area (Å²) in [7, 11) is 1.85. The maximum atomic E-state index is 6.02. The van der Waals surface area contributed by atoms with Crippen molar-refractivity contribution >= 4 is 29.0 Å². The summed E-state index contributed by atoms with van der Waals surface area (Å²) in [5.74, 6) is 0.433. The van der Waals surface area contributed by atoms with E-state index in [0.717, 1.165) is 33.7 Å². The molecule has 0 spiro atoms. The Morgan fingerprint density at radius 3 is 2.68 bits per heavy atom. The molecule has 0 aromatic carbocycles. The van der Waals surface area contributed by atoms with Crippen LogP contribution in [-0.2, 0) is 7.05 Å². The van der Waals surface area contributed by atoms with Crippen LogP contribution in [-0.4, -0.2) is 24.7 Å². The Morgan fingerprint density at radius 1 is 1.18 bits per heavy atom. The zero-order valence-corrected chi connectivity index (χ0v) is 12.8. The Bertz CT molecular complexity index is 852. The second kappa shape index (κ2) is 5.48. The predicted molar refractivity (Wildman–Crippen MR) is 89.9 cm³/mol. The molecule has 0 atom stereocenters. The van der Waals surface area contributed by atoms with Gasteiger partial charge in [-0.1, -0.05) is 18.2 Å². The van der Waals surface area contributed by atoms with Gasteiger partial charge in [0, 0.05) is 12.7 Å². The van der Waals surface area contributed by atoms with E-state index in [1.165, 1.54) is 6.33 Å². The lowest BCUT2D eigenvalue weighted by Crippen LogP contribution is -1.95. The minimum atomic E-state index is 0.433. The third-order valence-electron chi connectivity index (χ3n) is 3.46. The van der Waals surface area contributed by atoms with Crippen LogP contribution in [0, 0.1) is 0 Å². The molecule has 6 heteroatoms. The topological polar surface area (TPSA) is 85.4 Å². The molecular weight excluding hydrogens is 276 g/mol. The molecule has 112 valence electrons. The van der Waals surface area contributed by atoms with Crippen molar-refractivity contribution in [2.24, 2.45) is 7.05 Å². The van der Waals surface area contributed by atoms with Gasteiger partial charge in [0.15, 0.2) is 5.65 Å². The fourth-order valence-electron chi connectivity index (χ4n) is 2.53. The molecule has 3 aromatic heterocycles. The van der Waals surface area contributed by atoms with Crippen molar-refractivity contribution in [1.29, 1.82) is 0 Å². The van der Waals surface area contributed by atoms with Gasteiger partial charge in [0.1, 0.15) is 17.8 Å². The Balaban J connectivity index is 2.26. The first-order valence-corrected chi connectivity index (χ1v) is 7.07. The molecule has 0 aliphatic rings. The van der Waals surface area contributed by atoms with E-state index in [-0.39, 0.29) is 0 Å². The van der Waals surface area contributed by atoms with Gasteiger partial charge in [-0.05, 0) is 31.6 Å². The zero-order chi connectivity index (χ0) is 15.7. The average molecular weight is 294 g/mol. The van der Waals surface area contributed by atoms with E-state index in [9.17, 15) is 0 Å². The van der Waals surface area contributed by atoms with E-state index in [0.29, 0.717) is 5.82 Å². The molecular formula is C16H18N6. The number of anilines is 1. The second-order valence-electron chi connectivity index (χ2n) is 4.98. The summed E-state index contributed by atoms with van der Waals surface area (Å²) in [5, 5.41) is 5.32. The third kappa shape index (κ3) is 2.18. The molecule has 0 unspecified atom stereocenters. The first kappa shape index (κ1) is 14.1. The first-order chi connectivity index (χ1) is 10.7. The van der Waals surface area contributed by atoms with Crippen LogP contribution in [0.2, 0.25) is 0 Å². The normalized spacial score (nSPS) is 12.1. The number of hydrogen-bond acceptors (Lipinski definition) is 4. The van der Waals surface area contributed by atoms with Gasteiger partial charge in [-0.2, -0.15) is 5.10 Å². The number of aromatic amines is 1. The molecule has 3 heterocycles. The molecule has 0 saturated heterocycles. The summed E-state index contributed by atoms with van der Waals surface area (Å²) in [5.41, 5.74) is 10.5. The zero-order valence-electron chi connectivity index (χ0n) is 12.8. The molecule has 0 saturated carbocycles. The summed E-state index contributed by atoms with van der Waals surface area (Å²) in [4.78, 5) is 11.7. The number of allylic oxidation sites excluding steroid dienone is 2. The quantitative estimate of drug-likeness (QED) is 0.777. The first-order valence-electron chi connectivity index (χ1n) is 7.07. The number of aryl methyl sites for hydroxylation is 1. The highest BCUT2D eigenvalue weighted by Gasteiger charge is 2.17. The summed E-state index contributed by atoms with van der Waals surface area (Å²) in [6.07, 6.45) is 9.54. The van der Waals surface area contributed by atoms with Gasteiger partial charge in [0.05, 0.1) is 11.1 Å². The summed E-state index contributed by atoms with van der Waals surface area (Å²) in [6.45, 7) is 3.98. The van der Waals surface area contributed by atoms with Crippen LogP contribution in [0.15, 0.2) is 24.5 Å². The highest BCUT2D eigenvalue weighted by atomic mass is 15.3. The van der Waals surface area contributed by atoms with Crippen LogP contribution in [0.4, 0.5) is 5.82 Å². The molecule has 22 heavy (non-hydrogen) atoms. The second-order valence-corrected chi connectivity index (χ2v) is 4.98. The van der Waals surface area contributed by atoms with Crippen molar-refractivity contribution in [3.63, 3.8) is 0 Å². The van der Waals surface area contributed by atoms with Crippen molar-refractivity contribution in [3.8, 4) is 11.4 Å². The SMILES string of the molecule is C/C=C\c1cc(-c2nn(C)c3ncnc(N)c23)[nH]c1/C=C\C. The number of fused-ring (bicyclic) bond motifs is 1. The molecule has 0 amide bonds. The molecule has 3 rings (SSSR count). The fourth-order valence-corrected chi connectivity index (χ4v) is 2.53. The predicted octanol–water partition coefficient (Wildman–Crippen LogP) is 3.01. The standard InChI is InChI=1S/C16H18N6/c1-4-6-10-8-12(20-11(10)7-5-2)14-13-15(17)18-9-19-16(13)22(3)21-14/h4-9,20H,1-3H3,(H2,17,18,19)/b6-4-,7-5-. The van der Waals surface area contributed by atoms with E-state index in [2.05, 4.69) is 32.2 Å². The van der Waals surface area contributed by atoms with E-state index < -0.39 is 0 Å². The van der Waals surface area contributed by atoms with Crippen LogP contribution in [0.5, 0.6) is 0 Å². The Hall–Kier alpha value is -2.89. The van der Waals surface area contributed by atoms with Gasteiger partial charge < -0.3 is 10.7 Å². The Labute approximate surface area is 128 Å². The van der Waals surface area contributed by atoms with Crippen LogP contribution in [0.1, 0.15) is 25.1 Å². The molecule has 6 nitrogen and oxygen atoms in total. The van der Waals surface area contributed by atoms with Gasteiger partial charge >= 0.3 is 0 Å². The number of nitrogen functional groups attached to an aromatic ring is 1. The monoisotopic (exact) mass is 294 g/mol. The van der Waals surface area contributed by atoms with Gasteiger partial charge in [-0.15, -0.1) is 0 Å². The van der Waals surface area contributed by atoms with E-state index in [4.69, 9.17) is 5.73 Å². The number of nitrogens with one attached hydrogen (secondary N) is 1. The number of nitrogens with two attached hydrogens (primary N) is 1. The van der Waals surface area contributed by atoms with Crippen LogP contribution in [0.25, 0.3) is 34.6 Å². The number of nitrogens with zero attached hydrogens (tertiary/aromatic N) is 4. The number of H-pyrrole nitrogens is 1. The lowest BCUT2D eigenvalue weighted by atomic mass is 10.2. The molecule has 3 N–H and O–H groups in total. The lowest BCUT2D eigenvalue weighted by Gasteiger charge is -1.96. The fraction of sp³-hybridized carbons (Fsp3) is 0.188. The average Bonchev–Trinajstić information content (AvgIpc) is 3.03. The molecule has 0 aliphatic heterocycles. The van der Waals surface area contributed by atoms with Gasteiger partial charge in [-0.3, -0.25) is 0 Å². The van der Waals surface area contributed by atoms with Crippen molar-refractivity contribution in [3.05, 3.63) is 35.8 Å². The smallest absolute Gasteiger partial charge is 0.163 e. The third-order valence-corrected chi connectivity index (χ3v) is 3.46. The van der Waals surface area contributed by atoms with Crippen molar-refractivity contribution in [2.75, 3.05) is 5.73 Å². The molecule has 0 bridgehead atoms. The van der Waals surface area contributed by atoms with Crippen molar-refractivity contribution in [2.45, 2.75) is 13.8 Å². The summed E-state index contributed by atoms with van der Waals surface area (Å²) >= 11 is 0. The van der Waals surface area contributed by atoms with Crippen molar-refractivity contribution < 1.29 is 0 Å².